The van der Waals surface area contributed by atoms with Crippen molar-refractivity contribution in [1.29, 1.82) is 0 Å². The Kier molecular flexibility index (Phi) is 7.00. The molecule has 8 nitrogen and oxygen atoms in total. The lowest BCUT2D eigenvalue weighted by atomic mass is 10.2. The van der Waals surface area contributed by atoms with Crippen molar-refractivity contribution in [2.24, 2.45) is 0 Å². The molecule has 0 saturated carbocycles. The molecule has 1 atom stereocenters. The van der Waals surface area contributed by atoms with E-state index >= 15 is 0 Å². The number of anilines is 1. The lowest BCUT2D eigenvalue weighted by Crippen LogP contribution is -2.41. The van der Waals surface area contributed by atoms with Crippen molar-refractivity contribution in [3.8, 4) is 5.75 Å². The predicted molar refractivity (Wildman–Crippen MR) is 104 cm³/mol. The van der Waals surface area contributed by atoms with Gasteiger partial charge in [0.25, 0.3) is 0 Å². The molecule has 0 aliphatic rings. The zero-order valence-corrected chi connectivity index (χ0v) is 16.3. The summed E-state index contributed by atoms with van der Waals surface area (Å²) < 4.78 is 28.9. The van der Waals surface area contributed by atoms with Crippen LogP contribution in [-0.2, 0) is 26.0 Å². The van der Waals surface area contributed by atoms with E-state index in [0.29, 0.717) is 0 Å². The van der Waals surface area contributed by atoms with Crippen molar-refractivity contribution in [3.05, 3.63) is 54.1 Å². The van der Waals surface area contributed by atoms with Crippen molar-refractivity contribution in [2.45, 2.75) is 31.4 Å². The number of alkyl carbamates (subject to hydrolysis) is 1. The van der Waals surface area contributed by atoms with Gasteiger partial charge in [0.05, 0.1) is 16.3 Å². The van der Waals surface area contributed by atoms with Crippen molar-refractivity contribution < 1.29 is 27.9 Å². The second-order valence-electron chi connectivity index (χ2n) is 6.00. The first-order valence-corrected chi connectivity index (χ1v) is 10.2. The van der Waals surface area contributed by atoms with Gasteiger partial charge in [-0.3, -0.25) is 4.79 Å². The van der Waals surface area contributed by atoms with Crippen LogP contribution in [0.1, 0.15) is 19.4 Å². The summed E-state index contributed by atoms with van der Waals surface area (Å²) in [6, 6.07) is 11.7. The third-order valence-electron chi connectivity index (χ3n) is 3.91. The monoisotopic (exact) mass is 406 g/mol. The Morgan fingerprint density at radius 1 is 1.14 bits per heavy atom. The van der Waals surface area contributed by atoms with Gasteiger partial charge in [-0.2, -0.15) is 0 Å². The van der Waals surface area contributed by atoms with Crippen molar-refractivity contribution in [1.82, 2.24) is 5.32 Å². The van der Waals surface area contributed by atoms with Gasteiger partial charge in [-0.05, 0) is 30.7 Å². The number of nitrogens with one attached hydrogen (secondary N) is 2. The highest BCUT2D eigenvalue weighted by Gasteiger charge is 2.20. The number of rotatable bonds is 7. The van der Waals surface area contributed by atoms with E-state index in [2.05, 4.69) is 10.6 Å². The lowest BCUT2D eigenvalue weighted by Gasteiger charge is -2.15. The van der Waals surface area contributed by atoms with Crippen LogP contribution in [0.2, 0.25) is 0 Å². The molecule has 0 unspecified atom stereocenters. The molecule has 2 aromatic carbocycles. The van der Waals surface area contributed by atoms with E-state index in [1.54, 1.807) is 12.1 Å². The molecular formula is C19H22N2O6S. The molecule has 2 aromatic rings. The molecule has 0 radical (unpaired) electrons. The minimum atomic E-state index is -3.50. The van der Waals surface area contributed by atoms with Crippen LogP contribution in [0.5, 0.6) is 5.75 Å². The van der Waals surface area contributed by atoms with E-state index in [4.69, 9.17) is 4.74 Å². The van der Waals surface area contributed by atoms with Gasteiger partial charge >= 0.3 is 6.09 Å². The van der Waals surface area contributed by atoms with Gasteiger partial charge in [0.15, 0.2) is 9.84 Å². The Hall–Kier alpha value is -3.07. The van der Waals surface area contributed by atoms with E-state index in [-0.39, 0.29) is 28.7 Å². The molecule has 3 N–H and O–H groups in total. The van der Waals surface area contributed by atoms with Crippen molar-refractivity contribution in [3.63, 3.8) is 0 Å². The van der Waals surface area contributed by atoms with Gasteiger partial charge < -0.3 is 20.5 Å². The van der Waals surface area contributed by atoms with E-state index < -0.39 is 27.9 Å². The van der Waals surface area contributed by atoms with Gasteiger partial charge in [0.1, 0.15) is 18.4 Å². The van der Waals surface area contributed by atoms with E-state index in [1.165, 1.54) is 32.0 Å². The maximum atomic E-state index is 12.3. The number of aromatic hydroxyl groups is 1. The number of amides is 2. The summed E-state index contributed by atoms with van der Waals surface area (Å²) in [6.07, 6.45) is -0.780. The van der Waals surface area contributed by atoms with E-state index in [0.717, 1.165) is 5.56 Å². The van der Waals surface area contributed by atoms with Crippen LogP contribution >= 0.6 is 0 Å². The van der Waals surface area contributed by atoms with Crippen LogP contribution in [0.3, 0.4) is 0 Å². The number of hydrogen-bond donors (Lipinski definition) is 3. The topological polar surface area (TPSA) is 122 Å². The van der Waals surface area contributed by atoms with Gasteiger partial charge in [-0.15, -0.1) is 0 Å². The summed E-state index contributed by atoms with van der Waals surface area (Å²) in [7, 11) is -3.50. The van der Waals surface area contributed by atoms with Crippen molar-refractivity contribution in [2.75, 3.05) is 11.1 Å². The standard InChI is InChI=1S/C19H22N2O6S/c1-3-28(25,26)15-9-10-17(22)16(11-15)21-18(23)13(2)20-19(24)27-12-14-7-5-4-6-8-14/h4-11,13,22H,3,12H2,1-2H3,(H,20,24)(H,21,23)/t13-/m1/s1. The van der Waals surface area contributed by atoms with Crippen molar-refractivity contribution >= 4 is 27.5 Å². The summed E-state index contributed by atoms with van der Waals surface area (Å²) in [4.78, 5) is 24.1. The maximum Gasteiger partial charge on any atom is 0.408 e. The first kappa shape index (κ1) is 21.2. The molecule has 0 bridgehead atoms. The van der Waals surface area contributed by atoms with Crippen LogP contribution in [0.25, 0.3) is 0 Å². The average Bonchev–Trinajstić information content (AvgIpc) is 2.68. The summed E-state index contributed by atoms with van der Waals surface area (Å²) in [6.45, 7) is 2.98. The first-order chi connectivity index (χ1) is 13.2. The molecule has 2 amide bonds. The molecule has 0 fully saturated rings. The van der Waals surface area contributed by atoms with Crippen LogP contribution in [0, 0.1) is 0 Å². The summed E-state index contributed by atoms with van der Waals surface area (Å²) >= 11 is 0. The second-order valence-corrected chi connectivity index (χ2v) is 8.28. The Morgan fingerprint density at radius 3 is 2.46 bits per heavy atom. The molecule has 0 saturated heterocycles. The number of hydrogen-bond acceptors (Lipinski definition) is 6. The number of benzene rings is 2. The smallest absolute Gasteiger partial charge is 0.408 e. The Bertz CT molecular complexity index is 944. The van der Waals surface area contributed by atoms with E-state index in [1.807, 2.05) is 18.2 Å². The number of carbonyl (C=O) groups excluding carboxylic acids is 2. The molecule has 0 spiro atoms. The lowest BCUT2D eigenvalue weighted by molar-refractivity contribution is -0.117. The fraction of sp³-hybridized carbons (Fsp3) is 0.263. The zero-order chi connectivity index (χ0) is 20.7. The molecule has 9 heteroatoms. The number of phenolic OH excluding ortho intramolecular Hbond substituents is 1. The largest absolute Gasteiger partial charge is 0.506 e. The van der Waals surface area contributed by atoms with Gasteiger partial charge in [-0.1, -0.05) is 37.3 Å². The highest BCUT2D eigenvalue weighted by atomic mass is 32.2. The maximum absolute atomic E-state index is 12.3. The highest BCUT2D eigenvalue weighted by Crippen LogP contribution is 2.27. The van der Waals surface area contributed by atoms with Gasteiger partial charge in [-0.25, -0.2) is 13.2 Å². The Labute approximate surface area is 163 Å². The SMILES string of the molecule is CCS(=O)(=O)c1ccc(O)c(NC(=O)[C@@H](C)NC(=O)OCc2ccccc2)c1. The van der Waals surface area contributed by atoms with Crippen LogP contribution in [0.4, 0.5) is 10.5 Å². The molecular weight excluding hydrogens is 384 g/mol. The fourth-order valence-electron chi connectivity index (χ4n) is 2.22. The quantitative estimate of drug-likeness (QED) is 0.607. The molecule has 2 rings (SSSR count). The van der Waals surface area contributed by atoms with Crippen LogP contribution in [-0.4, -0.2) is 37.3 Å². The van der Waals surface area contributed by atoms with Gasteiger partial charge in [0.2, 0.25) is 5.91 Å². The van der Waals surface area contributed by atoms with Crippen LogP contribution in [0.15, 0.2) is 53.4 Å². The molecule has 0 aliphatic heterocycles. The summed E-state index contributed by atoms with van der Waals surface area (Å²) in [5.74, 6) is -1.05. The minimum absolute atomic E-state index is 0.0222. The number of phenols is 1. The number of ether oxygens (including phenoxy) is 1. The molecule has 0 heterocycles. The normalized spacial score (nSPS) is 12.1. The Morgan fingerprint density at radius 2 is 1.82 bits per heavy atom. The fourth-order valence-corrected chi connectivity index (χ4v) is 3.13. The van der Waals surface area contributed by atoms with Crippen LogP contribution < -0.4 is 10.6 Å². The highest BCUT2D eigenvalue weighted by molar-refractivity contribution is 7.91. The molecule has 0 aromatic heterocycles. The number of sulfone groups is 1. The third-order valence-corrected chi connectivity index (χ3v) is 5.64. The third kappa shape index (κ3) is 5.71. The summed E-state index contributed by atoms with van der Waals surface area (Å²) in [5.41, 5.74) is 0.736. The zero-order valence-electron chi connectivity index (χ0n) is 15.5. The molecule has 150 valence electrons. The van der Waals surface area contributed by atoms with E-state index in [9.17, 15) is 23.1 Å². The predicted octanol–water partition coefficient (Wildman–Crippen LogP) is 2.44. The molecule has 0 aliphatic carbocycles. The minimum Gasteiger partial charge on any atom is -0.506 e. The first-order valence-electron chi connectivity index (χ1n) is 8.56. The second kappa shape index (κ2) is 9.23. The molecule has 28 heavy (non-hydrogen) atoms. The summed E-state index contributed by atoms with van der Waals surface area (Å²) in [5, 5.41) is 14.6. The number of carbonyl (C=O) groups is 2. The van der Waals surface area contributed by atoms with Gasteiger partial charge in [0, 0.05) is 0 Å². The average molecular weight is 406 g/mol. The Balaban J connectivity index is 1.96.